The molecule has 0 aliphatic carbocycles. The van der Waals surface area contributed by atoms with Crippen LogP contribution in [0.4, 0.5) is 0 Å². The third-order valence-corrected chi connectivity index (χ3v) is 4.27. The molecule has 1 fully saturated rings. The second-order valence-corrected chi connectivity index (χ2v) is 5.96. The minimum atomic E-state index is 0.472. The number of aryl methyl sites for hydroxylation is 1. The maximum atomic E-state index is 4.75. The Bertz CT molecular complexity index is 577. The summed E-state index contributed by atoms with van der Waals surface area (Å²) in [6.07, 6.45) is 2.50. The van der Waals surface area contributed by atoms with Crippen molar-refractivity contribution in [1.29, 1.82) is 0 Å². The van der Waals surface area contributed by atoms with E-state index < -0.39 is 0 Å². The molecule has 1 N–H and O–H groups in total. The highest BCUT2D eigenvalue weighted by Gasteiger charge is 2.17. The van der Waals surface area contributed by atoms with E-state index >= 15 is 0 Å². The van der Waals surface area contributed by atoms with E-state index in [1.54, 1.807) is 0 Å². The molecule has 3 nitrogen and oxygen atoms in total. The average Bonchev–Trinajstić information content (AvgIpc) is 2.77. The lowest BCUT2D eigenvalue weighted by molar-refractivity contribution is 0.460. The van der Waals surface area contributed by atoms with Crippen LogP contribution in [-0.4, -0.2) is 22.6 Å². The first-order valence-electron chi connectivity index (χ1n) is 7.34. The molecule has 0 unspecified atom stereocenters. The van der Waals surface area contributed by atoms with E-state index in [1.165, 1.54) is 29.7 Å². The van der Waals surface area contributed by atoms with Gasteiger partial charge >= 0.3 is 0 Å². The minimum absolute atomic E-state index is 0.472. The number of fused-ring (bicyclic) bond motifs is 1. The number of hydrogen-bond donors (Lipinski definition) is 1. The zero-order chi connectivity index (χ0) is 13.4. The van der Waals surface area contributed by atoms with Gasteiger partial charge in [-0.05, 0) is 49.5 Å². The van der Waals surface area contributed by atoms with Crippen molar-refractivity contribution in [3.05, 3.63) is 29.6 Å². The molecule has 3 rings (SSSR count). The van der Waals surface area contributed by atoms with E-state index in [0.717, 1.165) is 18.6 Å². The molecule has 0 atom stereocenters. The predicted molar refractivity (Wildman–Crippen MR) is 79.6 cm³/mol. The van der Waals surface area contributed by atoms with E-state index in [2.05, 4.69) is 49.0 Å². The van der Waals surface area contributed by atoms with E-state index in [1.807, 2.05) is 0 Å². The summed E-state index contributed by atoms with van der Waals surface area (Å²) in [6.45, 7) is 6.69. The van der Waals surface area contributed by atoms with Crippen molar-refractivity contribution in [2.45, 2.75) is 38.5 Å². The van der Waals surface area contributed by atoms with Crippen molar-refractivity contribution in [2.75, 3.05) is 13.1 Å². The summed E-state index contributed by atoms with van der Waals surface area (Å²) in [5, 5.41) is 3.43. The molecular weight excluding hydrogens is 234 g/mol. The lowest BCUT2D eigenvalue weighted by atomic mass is 9.90. The maximum Gasteiger partial charge on any atom is 0.112 e. The van der Waals surface area contributed by atoms with Crippen LogP contribution in [0.1, 0.15) is 49.9 Å². The minimum Gasteiger partial charge on any atom is -0.331 e. The molecule has 2 heterocycles. The van der Waals surface area contributed by atoms with Crippen LogP contribution in [0, 0.1) is 0 Å². The SMILES string of the molecule is CC(C)c1nc2ccc(C3CCNCC3)cc2n1C. The van der Waals surface area contributed by atoms with Gasteiger partial charge in [0.25, 0.3) is 0 Å². The van der Waals surface area contributed by atoms with Gasteiger partial charge in [-0.25, -0.2) is 4.98 Å². The van der Waals surface area contributed by atoms with Crippen LogP contribution in [0.15, 0.2) is 18.2 Å². The Morgan fingerprint density at radius 2 is 2.00 bits per heavy atom. The van der Waals surface area contributed by atoms with Gasteiger partial charge in [0.15, 0.2) is 0 Å². The Hall–Kier alpha value is -1.35. The van der Waals surface area contributed by atoms with E-state index in [0.29, 0.717) is 11.8 Å². The first-order valence-corrected chi connectivity index (χ1v) is 7.34. The van der Waals surface area contributed by atoms with Crippen LogP contribution < -0.4 is 5.32 Å². The van der Waals surface area contributed by atoms with Crippen molar-refractivity contribution in [3.8, 4) is 0 Å². The highest BCUT2D eigenvalue weighted by Crippen LogP contribution is 2.29. The molecule has 1 aromatic heterocycles. The summed E-state index contributed by atoms with van der Waals surface area (Å²) in [5.74, 6) is 2.36. The van der Waals surface area contributed by atoms with E-state index in [9.17, 15) is 0 Å². The van der Waals surface area contributed by atoms with Crippen molar-refractivity contribution in [1.82, 2.24) is 14.9 Å². The zero-order valence-electron chi connectivity index (χ0n) is 12.1. The quantitative estimate of drug-likeness (QED) is 0.895. The van der Waals surface area contributed by atoms with Crippen molar-refractivity contribution < 1.29 is 0 Å². The molecule has 1 aliphatic heterocycles. The standard InChI is InChI=1S/C16H23N3/c1-11(2)16-18-14-5-4-13(10-15(14)19(16)3)12-6-8-17-9-7-12/h4-5,10-12,17H,6-9H2,1-3H3. The van der Waals surface area contributed by atoms with Crippen molar-refractivity contribution >= 4 is 11.0 Å². The molecule has 0 bridgehead atoms. The second kappa shape index (κ2) is 4.97. The Kier molecular flexibility index (Phi) is 3.31. The third-order valence-electron chi connectivity index (χ3n) is 4.27. The van der Waals surface area contributed by atoms with Gasteiger partial charge in [-0.3, -0.25) is 0 Å². The van der Waals surface area contributed by atoms with Crippen molar-refractivity contribution in [2.24, 2.45) is 7.05 Å². The molecule has 0 radical (unpaired) electrons. The van der Waals surface area contributed by atoms with Gasteiger partial charge in [0, 0.05) is 13.0 Å². The zero-order valence-corrected chi connectivity index (χ0v) is 12.1. The molecule has 102 valence electrons. The van der Waals surface area contributed by atoms with Gasteiger partial charge in [0.05, 0.1) is 11.0 Å². The summed E-state index contributed by atoms with van der Waals surface area (Å²) < 4.78 is 2.25. The largest absolute Gasteiger partial charge is 0.331 e. The molecule has 0 amide bonds. The predicted octanol–water partition coefficient (Wildman–Crippen LogP) is 3.16. The topological polar surface area (TPSA) is 29.9 Å². The van der Waals surface area contributed by atoms with Gasteiger partial charge in [0.2, 0.25) is 0 Å². The highest BCUT2D eigenvalue weighted by molar-refractivity contribution is 5.77. The Balaban J connectivity index is 2.02. The lowest BCUT2D eigenvalue weighted by Crippen LogP contribution is -2.26. The smallest absolute Gasteiger partial charge is 0.112 e. The fourth-order valence-corrected chi connectivity index (χ4v) is 3.15. The number of benzene rings is 1. The number of nitrogens with one attached hydrogen (secondary N) is 1. The molecule has 19 heavy (non-hydrogen) atoms. The Labute approximate surface area is 115 Å². The summed E-state index contributed by atoms with van der Waals surface area (Å²) >= 11 is 0. The summed E-state index contributed by atoms with van der Waals surface area (Å²) in [4.78, 5) is 4.75. The van der Waals surface area contributed by atoms with Crippen LogP contribution in [0.5, 0.6) is 0 Å². The Morgan fingerprint density at radius 1 is 1.26 bits per heavy atom. The number of imidazole rings is 1. The van der Waals surface area contributed by atoms with Crippen LogP contribution in [0.3, 0.4) is 0 Å². The first kappa shape index (κ1) is 12.7. The van der Waals surface area contributed by atoms with Crippen LogP contribution in [0.2, 0.25) is 0 Å². The first-order chi connectivity index (χ1) is 9.16. The second-order valence-electron chi connectivity index (χ2n) is 5.96. The number of rotatable bonds is 2. The number of nitrogens with zero attached hydrogens (tertiary/aromatic N) is 2. The number of hydrogen-bond acceptors (Lipinski definition) is 2. The van der Waals surface area contributed by atoms with Crippen LogP contribution in [-0.2, 0) is 7.05 Å². The Morgan fingerprint density at radius 3 is 2.68 bits per heavy atom. The molecule has 1 saturated heterocycles. The normalized spacial score (nSPS) is 17.5. The molecule has 0 saturated carbocycles. The van der Waals surface area contributed by atoms with E-state index in [-0.39, 0.29) is 0 Å². The van der Waals surface area contributed by atoms with Crippen LogP contribution >= 0.6 is 0 Å². The van der Waals surface area contributed by atoms with Crippen molar-refractivity contribution in [3.63, 3.8) is 0 Å². The number of piperidine rings is 1. The van der Waals surface area contributed by atoms with Crippen LogP contribution in [0.25, 0.3) is 11.0 Å². The monoisotopic (exact) mass is 257 g/mol. The molecule has 1 aliphatic rings. The molecular formula is C16H23N3. The summed E-state index contributed by atoms with van der Waals surface area (Å²) in [7, 11) is 2.14. The maximum absolute atomic E-state index is 4.75. The summed E-state index contributed by atoms with van der Waals surface area (Å²) in [5.41, 5.74) is 3.89. The molecule has 0 spiro atoms. The third kappa shape index (κ3) is 2.27. The van der Waals surface area contributed by atoms with Gasteiger partial charge < -0.3 is 9.88 Å². The van der Waals surface area contributed by atoms with Gasteiger partial charge in [-0.2, -0.15) is 0 Å². The molecule has 2 aromatic rings. The molecule has 3 heteroatoms. The van der Waals surface area contributed by atoms with E-state index in [4.69, 9.17) is 4.98 Å². The van der Waals surface area contributed by atoms with Gasteiger partial charge in [-0.1, -0.05) is 19.9 Å². The van der Waals surface area contributed by atoms with Gasteiger partial charge in [-0.15, -0.1) is 0 Å². The average molecular weight is 257 g/mol. The molecule has 1 aromatic carbocycles. The fraction of sp³-hybridized carbons (Fsp3) is 0.562. The lowest BCUT2D eigenvalue weighted by Gasteiger charge is -2.23. The van der Waals surface area contributed by atoms with Gasteiger partial charge in [0.1, 0.15) is 5.82 Å². The highest BCUT2D eigenvalue weighted by atomic mass is 15.1. The number of aromatic nitrogens is 2. The summed E-state index contributed by atoms with van der Waals surface area (Å²) in [6, 6.07) is 6.82. The fourth-order valence-electron chi connectivity index (χ4n) is 3.15.